The van der Waals surface area contributed by atoms with Crippen molar-refractivity contribution in [2.45, 2.75) is 13.5 Å². The number of hydrogen-bond donors (Lipinski definition) is 0. The molecule has 0 aliphatic carbocycles. The monoisotopic (exact) mass is 214 g/mol. The number of hydrogen-bond acceptors (Lipinski definition) is 2. The summed E-state index contributed by atoms with van der Waals surface area (Å²) >= 11 is 0. The first-order valence-electron chi connectivity index (χ1n) is 4.95. The quantitative estimate of drug-likeness (QED) is 0.430. The fourth-order valence-corrected chi connectivity index (χ4v) is 1.77. The molecule has 1 aromatic carbocycles. The Balaban J connectivity index is 2.96. The van der Waals surface area contributed by atoms with Crippen molar-refractivity contribution in [3.63, 3.8) is 0 Å². The van der Waals surface area contributed by atoms with Gasteiger partial charge in [0.05, 0.1) is 11.2 Å². The Hall–Kier alpha value is -2.26. The van der Waals surface area contributed by atoms with Gasteiger partial charge in [-0.25, -0.2) is 0 Å². The van der Waals surface area contributed by atoms with Crippen molar-refractivity contribution in [1.82, 2.24) is 4.57 Å². The zero-order valence-corrected chi connectivity index (χ0v) is 8.79. The Bertz CT molecular complexity index is 638. The lowest BCUT2D eigenvalue weighted by Gasteiger charge is -2.08. The second-order valence-corrected chi connectivity index (χ2v) is 3.32. The Morgan fingerprint density at radius 2 is 2.19 bits per heavy atom. The van der Waals surface area contributed by atoms with Gasteiger partial charge in [0.1, 0.15) is 0 Å². The predicted octanol–water partition coefficient (Wildman–Crippen LogP) is 2.96. The van der Waals surface area contributed by atoms with Gasteiger partial charge in [0.15, 0.2) is 0 Å². The number of azide groups is 1. The molecule has 5 nitrogen and oxygen atoms in total. The Morgan fingerprint density at radius 3 is 2.88 bits per heavy atom. The van der Waals surface area contributed by atoms with E-state index in [2.05, 4.69) is 10.0 Å². The molecule has 0 fully saturated rings. The molecule has 0 amide bonds. The molecule has 0 spiro atoms. The fourth-order valence-electron chi connectivity index (χ4n) is 1.77. The Morgan fingerprint density at radius 1 is 1.44 bits per heavy atom. The van der Waals surface area contributed by atoms with Gasteiger partial charge in [0, 0.05) is 22.9 Å². The SMILES string of the molecule is CCn1c(=O)cc(N=[N+]=[N-])c2ccccc21. The number of aromatic nitrogens is 1. The molecular weight excluding hydrogens is 204 g/mol. The van der Waals surface area contributed by atoms with E-state index < -0.39 is 0 Å². The van der Waals surface area contributed by atoms with Crippen LogP contribution in [0.2, 0.25) is 0 Å². The van der Waals surface area contributed by atoms with Crippen LogP contribution in [0.25, 0.3) is 21.3 Å². The molecule has 5 heteroatoms. The fraction of sp³-hybridized carbons (Fsp3) is 0.182. The number of para-hydroxylation sites is 1. The minimum absolute atomic E-state index is 0.149. The highest BCUT2D eigenvalue weighted by atomic mass is 16.1. The van der Waals surface area contributed by atoms with Gasteiger partial charge in [-0.3, -0.25) is 4.79 Å². The van der Waals surface area contributed by atoms with E-state index in [4.69, 9.17) is 5.53 Å². The van der Waals surface area contributed by atoms with Gasteiger partial charge >= 0.3 is 0 Å². The summed E-state index contributed by atoms with van der Waals surface area (Å²) in [6, 6.07) is 8.75. The van der Waals surface area contributed by atoms with Crippen LogP contribution in [0.1, 0.15) is 6.92 Å². The minimum atomic E-state index is -0.149. The second-order valence-electron chi connectivity index (χ2n) is 3.32. The molecular formula is C11H10N4O. The van der Waals surface area contributed by atoms with Crippen LogP contribution in [0.3, 0.4) is 0 Å². The molecule has 0 atom stereocenters. The number of pyridine rings is 1. The molecule has 2 aromatic rings. The standard InChI is InChI=1S/C11H10N4O/c1-2-15-10-6-4-3-5-8(10)9(13-14-12)7-11(15)16/h3-7H,2H2,1H3. The van der Waals surface area contributed by atoms with E-state index in [0.29, 0.717) is 12.2 Å². The molecule has 0 saturated carbocycles. The second kappa shape index (κ2) is 4.08. The third-order valence-electron chi connectivity index (χ3n) is 2.47. The normalized spacial score (nSPS) is 10.1. The third kappa shape index (κ3) is 1.53. The molecule has 0 saturated heterocycles. The molecule has 16 heavy (non-hydrogen) atoms. The van der Waals surface area contributed by atoms with Crippen molar-refractivity contribution in [3.8, 4) is 0 Å². The minimum Gasteiger partial charge on any atom is -0.309 e. The van der Waals surface area contributed by atoms with E-state index in [1.54, 1.807) is 4.57 Å². The van der Waals surface area contributed by atoms with Gasteiger partial charge in [-0.05, 0) is 18.5 Å². The lowest BCUT2D eigenvalue weighted by molar-refractivity contribution is 0.760. The van der Waals surface area contributed by atoms with Crippen LogP contribution < -0.4 is 5.56 Å². The Labute approximate surface area is 91.6 Å². The molecule has 0 aliphatic heterocycles. The first kappa shape index (κ1) is 10.3. The average Bonchev–Trinajstić information content (AvgIpc) is 2.30. The molecule has 0 bridgehead atoms. The molecule has 0 unspecified atom stereocenters. The van der Waals surface area contributed by atoms with Gasteiger partial charge in [0.2, 0.25) is 0 Å². The molecule has 2 rings (SSSR count). The van der Waals surface area contributed by atoms with Gasteiger partial charge in [0.25, 0.3) is 5.56 Å². The maximum absolute atomic E-state index is 11.7. The summed E-state index contributed by atoms with van der Waals surface area (Å²) < 4.78 is 1.64. The predicted molar refractivity (Wildman–Crippen MR) is 62.7 cm³/mol. The first-order chi connectivity index (χ1) is 7.77. The van der Waals surface area contributed by atoms with Gasteiger partial charge in [-0.1, -0.05) is 23.3 Å². The first-order valence-corrected chi connectivity index (χ1v) is 4.95. The van der Waals surface area contributed by atoms with Crippen LogP contribution in [0.15, 0.2) is 40.2 Å². The lowest BCUT2D eigenvalue weighted by atomic mass is 10.2. The average molecular weight is 214 g/mol. The van der Waals surface area contributed by atoms with Crippen LogP contribution in [-0.2, 0) is 6.54 Å². The molecule has 0 radical (unpaired) electrons. The summed E-state index contributed by atoms with van der Waals surface area (Å²) in [5, 5.41) is 4.33. The number of benzene rings is 1. The van der Waals surface area contributed by atoms with E-state index in [9.17, 15) is 4.79 Å². The Kier molecular flexibility index (Phi) is 2.62. The topological polar surface area (TPSA) is 70.8 Å². The van der Waals surface area contributed by atoms with Crippen LogP contribution in [0.4, 0.5) is 5.69 Å². The van der Waals surface area contributed by atoms with E-state index in [-0.39, 0.29) is 5.56 Å². The molecule has 0 aliphatic rings. The summed E-state index contributed by atoms with van der Waals surface area (Å²) in [4.78, 5) is 14.5. The number of nitrogens with zero attached hydrogens (tertiary/aromatic N) is 4. The maximum atomic E-state index is 11.7. The van der Waals surface area contributed by atoms with Gasteiger partial charge < -0.3 is 4.57 Å². The van der Waals surface area contributed by atoms with Crippen molar-refractivity contribution in [2.75, 3.05) is 0 Å². The zero-order valence-electron chi connectivity index (χ0n) is 8.79. The lowest BCUT2D eigenvalue weighted by Crippen LogP contribution is -2.18. The highest BCUT2D eigenvalue weighted by Crippen LogP contribution is 2.23. The number of fused-ring (bicyclic) bond motifs is 1. The van der Waals surface area contributed by atoms with Crippen molar-refractivity contribution in [1.29, 1.82) is 0 Å². The molecule has 0 N–H and O–H groups in total. The van der Waals surface area contributed by atoms with Crippen LogP contribution in [0.5, 0.6) is 0 Å². The molecule has 1 heterocycles. The summed E-state index contributed by atoms with van der Waals surface area (Å²) in [5.74, 6) is 0. The summed E-state index contributed by atoms with van der Waals surface area (Å²) in [7, 11) is 0. The zero-order chi connectivity index (χ0) is 11.5. The van der Waals surface area contributed by atoms with Crippen molar-refractivity contribution in [2.24, 2.45) is 5.11 Å². The summed E-state index contributed by atoms with van der Waals surface area (Å²) in [5.41, 5.74) is 9.47. The molecule has 80 valence electrons. The van der Waals surface area contributed by atoms with Gasteiger partial charge in [-0.15, -0.1) is 0 Å². The third-order valence-corrected chi connectivity index (χ3v) is 2.47. The summed E-state index contributed by atoms with van der Waals surface area (Å²) in [6.45, 7) is 2.50. The number of aryl methyl sites for hydroxylation is 1. The van der Waals surface area contributed by atoms with Crippen LogP contribution >= 0.6 is 0 Å². The highest BCUT2D eigenvalue weighted by molar-refractivity contribution is 5.89. The van der Waals surface area contributed by atoms with Crippen molar-refractivity contribution in [3.05, 3.63) is 51.1 Å². The highest BCUT2D eigenvalue weighted by Gasteiger charge is 2.05. The summed E-state index contributed by atoms with van der Waals surface area (Å²) in [6.07, 6.45) is 0. The van der Waals surface area contributed by atoms with Crippen molar-refractivity contribution < 1.29 is 0 Å². The van der Waals surface area contributed by atoms with Crippen LogP contribution in [0, 0.1) is 0 Å². The van der Waals surface area contributed by atoms with E-state index in [1.165, 1.54) is 6.07 Å². The molecule has 1 aromatic heterocycles. The van der Waals surface area contributed by atoms with Crippen molar-refractivity contribution >= 4 is 16.6 Å². The number of rotatable bonds is 2. The smallest absolute Gasteiger partial charge is 0.251 e. The largest absolute Gasteiger partial charge is 0.309 e. The van der Waals surface area contributed by atoms with E-state index >= 15 is 0 Å². The van der Waals surface area contributed by atoms with Gasteiger partial charge in [-0.2, -0.15) is 0 Å². The van der Waals surface area contributed by atoms with Crippen LogP contribution in [-0.4, -0.2) is 4.57 Å². The maximum Gasteiger partial charge on any atom is 0.251 e. The van der Waals surface area contributed by atoms with E-state index in [1.807, 2.05) is 31.2 Å². The van der Waals surface area contributed by atoms with E-state index in [0.717, 1.165) is 10.9 Å².